The fraction of sp³-hybridized carbons (Fsp3) is 0.529. The number of carbonyl (C=O) groups is 2. The zero-order chi connectivity index (χ0) is 15.7. The quantitative estimate of drug-likeness (QED) is 0.915. The molecule has 5 nitrogen and oxygen atoms in total. The van der Waals surface area contributed by atoms with Gasteiger partial charge in [0.2, 0.25) is 5.91 Å². The number of rotatable bonds is 4. The Hall–Kier alpha value is -1.88. The van der Waals surface area contributed by atoms with Gasteiger partial charge in [0.1, 0.15) is 0 Å². The van der Waals surface area contributed by atoms with Crippen LogP contribution in [0.25, 0.3) is 0 Å². The molecule has 0 spiro atoms. The van der Waals surface area contributed by atoms with Crippen molar-refractivity contribution in [3.63, 3.8) is 0 Å². The summed E-state index contributed by atoms with van der Waals surface area (Å²) in [4.78, 5) is 28.6. The third-order valence-corrected chi connectivity index (χ3v) is 4.64. The van der Waals surface area contributed by atoms with Crippen molar-refractivity contribution in [3.8, 4) is 0 Å². The van der Waals surface area contributed by atoms with E-state index in [1.165, 1.54) is 6.42 Å². The Morgan fingerprint density at radius 2 is 2.00 bits per heavy atom. The molecule has 2 heterocycles. The lowest BCUT2D eigenvalue weighted by Crippen LogP contribution is -2.50. The topological polar surface area (TPSA) is 52.6 Å². The maximum Gasteiger partial charge on any atom is 0.253 e. The van der Waals surface area contributed by atoms with E-state index in [1.807, 2.05) is 25.1 Å². The summed E-state index contributed by atoms with van der Waals surface area (Å²) in [7, 11) is 0. The van der Waals surface area contributed by atoms with E-state index in [0.29, 0.717) is 12.1 Å². The van der Waals surface area contributed by atoms with Crippen LogP contribution < -0.4 is 10.2 Å². The number of hydrogen-bond acceptors (Lipinski definition) is 3. The SMILES string of the molecule is CCC1CN(CCN2C(=O)CNC(=O)c3cc(C)ccc32)C1. The van der Waals surface area contributed by atoms with E-state index in [9.17, 15) is 9.59 Å². The molecule has 0 atom stereocenters. The van der Waals surface area contributed by atoms with Gasteiger partial charge in [-0.1, -0.05) is 25.0 Å². The van der Waals surface area contributed by atoms with Gasteiger partial charge in [-0.3, -0.25) is 9.59 Å². The lowest BCUT2D eigenvalue weighted by atomic mass is 9.97. The maximum absolute atomic E-state index is 12.3. The first-order chi connectivity index (χ1) is 10.6. The molecule has 0 bridgehead atoms. The summed E-state index contributed by atoms with van der Waals surface area (Å²) in [6.07, 6.45) is 1.22. The maximum atomic E-state index is 12.3. The number of carbonyl (C=O) groups excluding carboxylic acids is 2. The van der Waals surface area contributed by atoms with Crippen LogP contribution in [-0.2, 0) is 4.79 Å². The Labute approximate surface area is 131 Å². The summed E-state index contributed by atoms with van der Waals surface area (Å²) < 4.78 is 0. The molecule has 5 heteroatoms. The van der Waals surface area contributed by atoms with E-state index in [4.69, 9.17) is 0 Å². The number of hydrogen-bond donors (Lipinski definition) is 1. The van der Waals surface area contributed by atoms with E-state index in [1.54, 1.807) is 4.90 Å². The monoisotopic (exact) mass is 301 g/mol. The molecule has 2 aliphatic heterocycles. The van der Waals surface area contributed by atoms with Crippen LogP contribution in [0.4, 0.5) is 5.69 Å². The van der Waals surface area contributed by atoms with Crippen molar-refractivity contribution in [2.45, 2.75) is 20.3 Å². The Balaban J connectivity index is 1.76. The molecular weight excluding hydrogens is 278 g/mol. The van der Waals surface area contributed by atoms with Crippen molar-refractivity contribution in [1.29, 1.82) is 0 Å². The molecule has 22 heavy (non-hydrogen) atoms. The van der Waals surface area contributed by atoms with Crippen LogP contribution >= 0.6 is 0 Å². The van der Waals surface area contributed by atoms with Gasteiger partial charge in [-0.25, -0.2) is 0 Å². The molecule has 0 unspecified atom stereocenters. The van der Waals surface area contributed by atoms with Crippen LogP contribution in [0, 0.1) is 12.8 Å². The molecular formula is C17H23N3O2. The molecule has 2 aliphatic rings. The standard InChI is InChI=1S/C17H23N3O2/c1-3-13-10-19(11-13)6-7-20-15-5-4-12(2)8-14(15)17(22)18-9-16(20)21/h4-5,8,13H,3,6-7,9-11H2,1-2H3,(H,18,22). The zero-order valence-electron chi connectivity index (χ0n) is 13.3. The lowest BCUT2D eigenvalue weighted by Gasteiger charge is -2.40. The van der Waals surface area contributed by atoms with Gasteiger partial charge < -0.3 is 15.1 Å². The minimum absolute atomic E-state index is 0.0384. The lowest BCUT2D eigenvalue weighted by molar-refractivity contribution is -0.117. The summed E-state index contributed by atoms with van der Waals surface area (Å²) in [5, 5.41) is 2.70. The molecule has 0 radical (unpaired) electrons. The zero-order valence-corrected chi connectivity index (χ0v) is 13.3. The highest BCUT2D eigenvalue weighted by Gasteiger charge is 2.29. The fourth-order valence-electron chi connectivity index (χ4n) is 3.15. The average molecular weight is 301 g/mol. The summed E-state index contributed by atoms with van der Waals surface area (Å²) >= 11 is 0. The first-order valence-electron chi connectivity index (χ1n) is 8.00. The van der Waals surface area contributed by atoms with Crippen molar-refractivity contribution in [3.05, 3.63) is 29.3 Å². The van der Waals surface area contributed by atoms with E-state index in [0.717, 1.165) is 36.8 Å². The van der Waals surface area contributed by atoms with Crippen molar-refractivity contribution in [1.82, 2.24) is 10.2 Å². The van der Waals surface area contributed by atoms with Gasteiger partial charge >= 0.3 is 0 Å². The number of likely N-dealkylation sites (tertiary alicyclic amines) is 1. The predicted octanol–water partition coefficient (Wildman–Crippen LogP) is 1.41. The molecule has 1 aromatic carbocycles. The Morgan fingerprint density at radius 3 is 2.73 bits per heavy atom. The predicted molar refractivity (Wildman–Crippen MR) is 86.1 cm³/mol. The highest BCUT2D eigenvalue weighted by atomic mass is 16.2. The molecule has 2 amide bonds. The van der Waals surface area contributed by atoms with Crippen LogP contribution in [-0.4, -0.2) is 49.4 Å². The van der Waals surface area contributed by atoms with Gasteiger partial charge in [-0.2, -0.15) is 0 Å². The van der Waals surface area contributed by atoms with Crippen molar-refractivity contribution in [2.75, 3.05) is 37.6 Å². The Kier molecular flexibility index (Phi) is 4.16. The van der Waals surface area contributed by atoms with Crippen LogP contribution in [0.3, 0.4) is 0 Å². The highest BCUT2D eigenvalue weighted by Crippen LogP contribution is 2.25. The minimum atomic E-state index is -0.162. The number of benzene rings is 1. The van der Waals surface area contributed by atoms with E-state index in [2.05, 4.69) is 17.1 Å². The number of aryl methyl sites for hydroxylation is 1. The second kappa shape index (κ2) is 6.08. The number of fused-ring (bicyclic) bond motifs is 1. The first-order valence-corrected chi connectivity index (χ1v) is 8.00. The van der Waals surface area contributed by atoms with E-state index < -0.39 is 0 Å². The third-order valence-electron chi connectivity index (χ3n) is 4.64. The minimum Gasteiger partial charge on any atom is -0.343 e. The number of anilines is 1. The second-order valence-corrected chi connectivity index (χ2v) is 6.28. The van der Waals surface area contributed by atoms with E-state index >= 15 is 0 Å². The van der Waals surface area contributed by atoms with Gasteiger partial charge in [0, 0.05) is 26.2 Å². The highest BCUT2D eigenvalue weighted by molar-refractivity contribution is 6.09. The van der Waals surface area contributed by atoms with Gasteiger partial charge in [0.25, 0.3) is 5.91 Å². The van der Waals surface area contributed by atoms with Crippen LogP contribution in [0.5, 0.6) is 0 Å². The number of amides is 2. The fourth-order valence-corrected chi connectivity index (χ4v) is 3.15. The molecule has 0 aliphatic carbocycles. The summed E-state index contributed by atoms with van der Waals surface area (Å²) in [5.41, 5.74) is 2.36. The van der Waals surface area contributed by atoms with Crippen LogP contribution in [0.2, 0.25) is 0 Å². The van der Waals surface area contributed by atoms with Gasteiger partial charge in [0.05, 0.1) is 17.8 Å². The van der Waals surface area contributed by atoms with Crippen LogP contribution in [0.1, 0.15) is 29.3 Å². The van der Waals surface area contributed by atoms with Gasteiger partial charge in [-0.15, -0.1) is 0 Å². The Bertz CT molecular complexity index is 594. The van der Waals surface area contributed by atoms with Gasteiger partial charge in [-0.05, 0) is 25.0 Å². The summed E-state index contributed by atoms with van der Waals surface area (Å²) in [5.74, 6) is 0.603. The number of nitrogens with one attached hydrogen (secondary N) is 1. The molecule has 0 aromatic heterocycles. The Morgan fingerprint density at radius 1 is 1.23 bits per heavy atom. The molecule has 1 N–H and O–H groups in total. The third kappa shape index (κ3) is 2.86. The normalized spacial score (nSPS) is 19.5. The summed E-state index contributed by atoms with van der Waals surface area (Å²) in [6, 6.07) is 5.69. The smallest absolute Gasteiger partial charge is 0.253 e. The van der Waals surface area contributed by atoms with Crippen LogP contribution in [0.15, 0.2) is 18.2 Å². The second-order valence-electron chi connectivity index (χ2n) is 6.28. The molecule has 3 rings (SSSR count). The van der Waals surface area contributed by atoms with Crippen molar-refractivity contribution < 1.29 is 9.59 Å². The van der Waals surface area contributed by atoms with Crippen molar-refractivity contribution >= 4 is 17.5 Å². The molecule has 1 saturated heterocycles. The molecule has 1 aromatic rings. The number of nitrogens with zero attached hydrogens (tertiary/aromatic N) is 2. The summed E-state index contributed by atoms with van der Waals surface area (Å²) in [6.45, 7) is 7.99. The molecule has 0 saturated carbocycles. The molecule has 118 valence electrons. The molecule has 1 fully saturated rings. The average Bonchev–Trinajstić information content (AvgIpc) is 2.57. The first kappa shape index (κ1) is 15.0. The largest absolute Gasteiger partial charge is 0.343 e. The van der Waals surface area contributed by atoms with Crippen molar-refractivity contribution in [2.24, 2.45) is 5.92 Å². The van der Waals surface area contributed by atoms with Gasteiger partial charge in [0.15, 0.2) is 0 Å². The van der Waals surface area contributed by atoms with E-state index in [-0.39, 0.29) is 18.4 Å².